The number of carboxylic acid groups (broad SMARTS) is 2. The van der Waals surface area contributed by atoms with E-state index in [2.05, 4.69) is 0 Å². The zero-order valence-corrected chi connectivity index (χ0v) is 8.26. The highest BCUT2D eigenvalue weighted by atomic mass is 127. The van der Waals surface area contributed by atoms with E-state index in [0.29, 0.717) is 13.1 Å². The molecule has 1 heterocycles. The number of carboxylic acids is 2. The van der Waals surface area contributed by atoms with Crippen LogP contribution in [0.3, 0.4) is 0 Å². The van der Waals surface area contributed by atoms with E-state index in [9.17, 15) is 9.59 Å². The van der Waals surface area contributed by atoms with Gasteiger partial charge in [0.05, 0.1) is 11.8 Å². The van der Waals surface area contributed by atoms with Crippen molar-refractivity contribution >= 4 is 34.8 Å². The molecule has 0 aromatic heterocycles. The Morgan fingerprint density at radius 3 is 1.75 bits per heavy atom. The molecule has 1 saturated heterocycles. The molecule has 0 bridgehead atoms. The summed E-state index contributed by atoms with van der Waals surface area (Å²) in [6, 6.07) is 0. The highest BCUT2D eigenvalue weighted by molar-refractivity contribution is 14.1. The van der Waals surface area contributed by atoms with Crippen LogP contribution < -0.4 is 0 Å². The van der Waals surface area contributed by atoms with Crippen LogP contribution in [0.2, 0.25) is 0 Å². The molecule has 6 heteroatoms. The summed E-state index contributed by atoms with van der Waals surface area (Å²) in [5, 5.41) is 17.3. The van der Waals surface area contributed by atoms with Crippen LogP contribution in [-0.4, -0.2) is 38.4 Å². The van der Waals surface area contributed by atoms with E-state index in [1.807, 2.05) is 22.9 Å². The Bertz CT molecular complexity index is 198. The normalized spacial score (nSPS) is 30.4. The molecule has 0 saturated carbocycles. The molecular weight excluding hydrogens is 277 g/mol. The molecule has 0 aliphatic carbocycles. The molecule has 0 aromatic carbocycles. The minimum absolute atomic E-state index is 0.312. The number of hydrogen-bond acceptors (Lipinski definition) is 3. The monoisotopic (exact) mass is 285 g/mol. The maximum Gasteiger partial charge on any atom is 0.308 e. The zero-order chi connectivity index (χ0) is 9.30. The van der Waals surface area contributed by atoms with Crippen molar-refractivity contribution in [2.75, 3.05) is 13.1 Å². The summed E-state index contributed by atoms with van der Waals surface area (Å²) in [6.45, 7) is 0.625. The largest absolute Gasteiger partial charge is 0.481 e. The molecule has 1 aliphatic rings. The Morgan fingerprint density at radius 1 is 1.17 bits per heavy atom. The number of nitrogens with zero attached hydrogens (tertiary/aromatic N) is 1. The second kappa shape index (κ2) is 3.56. The SMILES string of the molecule is O=C(O)C1CN(I)CC1C(=O)O. The Kier molecular flexibility index (Phi) is 2.89. The Balaban J connectivity index is 2.72. The molecule has 2 N–H and O–H groups in total. The molecule has 1 fully saturated rings. The molecule has 2 atom stereocenters. The van der Waals surface area contributed by atoms with Crippen LogP contribution in [0.5, 0.6) is 0 Å². The average molecular weight is 285 g/mol. The van der Waals surface area contributed by atoms with Gasteiger partial charge in [-0.15, -0.1) is 0 Å². The first-order valence-electron chi connectivity index (χ1n) is 3.38. The summed E-state index contributed by atoms with van der Waals surface area (Å²) in [5.41, 5.74) is 0. The first-order valence-corrected chi connectivity index (χ1v) is 4.35. The van der Waals surface area contributed by atoms with Gasteiger partial charge in [-0.3, -0.25) is 9.59 Å². The van der Waals surface area contributed by atoms with E-state index >= 15 is 0 Å². The van der Waals surface area contributed by atoms with Gasteiger partial charge in [0, 0.05) is 36.0 Å². The fourth-order valence-corrected chi connectivity index (χ4v) is 2.11. The van der Waals surface area contributed by atoms with Gasteiger partial charge in [-0.2, -0.15) is 0 Å². The van der Waals surface area contributed by atoms with E-state index in [-0.39, 0.29) is 0 Å². The lowest BCUT2D eigenvalue weighted by molar-refractivity contribution is -0.151. The minimum Gasteiger partial charge on any atom is -0.481 e. The Hall–Kier alpha value is -0.370. The second-order valence-electron chi connectivity index (χ2n) is 2.72. The lowest BCUT2D eigenvalue weighted by Gasteiger charge is -2.07. The predicted molar refractivity (Wildman–Crippen MR) is 47.8 cm³/mol. The molecular formula is C6H8INO4. The maximum absolute atomic E-state index is 10.6. The van der Waals surface area contributed by atoms with E-state index in [4.69, 9.17) is 10.2 Å². The molecule has 1 rings (SSSR count). The van der Waals surface area contributed by atoms with Crippen LogP contribution in [0.25, 0.3) is 0 Å². The summed E-state index contributed by atoms with van der Waals surface area (Å²) in [7, 11) is 0. The van der Waals surface area contributed by atoms with Crippen LogP contribution in [0, 0.1) is 11.8 Å². The van der Waals surface area contributed by atoms with E-state index < -0.39 is 23.8 Å². The van der Waals surface area contributed by atoms with E-state index in [1.165, 1.54) is 0 Å². The molecule has 0 aromatic rings. The zero-order valence-electron chi connectivity index (χ0n) is 6.11. The number of hydrogen-bond donors (Lipinski definition) is 2. The summed E-state index contributed by atoms with van der Waals surface area (Å²) in [6.07, 6.45) is 0. The summed E-state index contributed by atoms with van der Waals surface area (Å²) < 4.78 is 1.69. The second-order valence-corrected chi connectivity index (χ2v) is 4.08. The van der Waals surface area contributed by atoms with E-state index in [0.717, 1.165) is 0 Å². The van der Waals surface area contributed by atoms with Crippen molar-refractivity contribution in [3.63, 3.8) is 0 Å². The number of halogens is 1. The van der Waals surface area contributed by atoms with Crippen molar-refractivity contribution in [1.82, 2.24) is 3.11 Å². The number of rotatable bonds is 2. The Morgan fingerprint density at radius 2 is 1.50 bits per heavy atom. The first-order chi connectivity index (χ1) is 5.52. The van der Waals surface area contributed by atoms with Gasteiger partial charge in [-0.25, -0.2) is 3.11 Å². The van der Waals surface area contributed by atoms with Crippen molar-refractivity contribution in [3.05, 3.63) is 0 Å². The molecule has 0 spiro atoms. The Labute approximate surface area is 82.8 Å². The third-order valence-corrected chi connectivity index (χ3v) is 2.70. The summed E-state index contributed by atoms with van der Waals surface area (Å²) in [4.78, 5) is 21.1. The lowest BCUT2D eigenvalue weighted by Crippen LogP contribution is -2.28. The fraction of sp³-hybridized carbons (Fsp3) is 0.667. The maximum atomic E-state index is 10.6. The number of aliphatic carboxylic acids is 2. The lowest BCUT2D eigenvalue weighted by atomic mass is 9.97. The third-order valence-electron chi connectivity index (χ3n) is 1.91. The molecule has 0 radical (unpaired) electrons. The summed E-state index contributed by atoms with van der Waals surface area (Å²) >= 11 is 1.94. The topological polar surface area (TPSA) is 77.8 Å². The van der Waals surface area contributed by atoms with Crippen LogP contribution in [0.4, 0.5) is 0 Å². The van der Waals surface area contributed by atoms with Gasteiger partial charge in [-0.05, 0) is 0 Å². The molecule has 0 amide bonds. The van der Waals surface area contributed by atoms with Gasteiger partial charge in [0.15, 0.2) is 0 Å². The smallest absolute Gasteiger partial charge is 0.308 e. The van der Waals surface area contributed by atoms with Gasteiger partial charge < -0.3 is 10.2 Å². The molecule has 2 unspecified atom stereocenters. The van der Waals surface area contributed by atoms with Crippen molar-refractivity contribution in [1.29, 1.82) is 0 Å². The van der Waals surface area contributed by atoms with E-state index in [1.54, 1.807) is 3.11 Å². The van der Waals surface area contributed by atoms with Crippen molar-refractivity contribution < 1.29 is 19.8 Å². The highest BCUT2D eigenvalue weighted by Crippen LogP contribution is 2.26. The van der Waals surface area contributed by atoms with Gasteiger partial charge in [0.2, 0.25) is 0 Å². The molecule has 1 aliphatic heterocycles. The fourth-order valence-electron chi connectivity index (χ4n) is 1.26. The van der Waals surface area contributed by atoms with Gasteiger partial charge in [0.25, 0.3) is 0 Å². The van der Waals surface area contributed by atoms with Crippen LogP contribution in [-0.2, 0) is 9.59 Å². The van der Waals surface area contributed by atoms with Crippen molar-refractivity contribution in [2.24, 2.45) is 11.8 Å². The predicted octanol–water partition coefficient (Wildman–Crippen LogP) is 0.0536. The van der Waals surface area contributed by atoms with Crippen molar-refractivity contribution in [2.45, 2.75) is 0 Å². The van der Waals surface area contributed by atoms with Gasteiger partial charge >= 0.3 is 11.9 Å². The van der Waals surface area contributed by atoms with Gasteiger partial charge in [0.1, 0.15) is 0 Å². The molecule has 5 nitrogen and oxygen atoms in total. The third kappa shape index (κ3) is 1.86. The molecule has 12 heavy (non-hydrogen) atoms. The quantitative estimate of drug-likeness (QED) is 0.554. The highest BCUT2D eigenvalue weighted by Gasteiger charge is 2.41. The average Bonchev–Trinajstić information content (AvgIpc) is 2.31. The van der Waals surface area contributed by atoms with Crippen LogP contribution in [0.1, 0.15) is 0 Å². The molecule has 68 valence electrons. The van der Waals surface area contributed by atoms with Crippen LogP contribution >= 0.6 is 22.9 Å². The first kappa shape index (κ1) is 9.72. The van der Waals surface area contributed by atoms with Crippen molar-refractivity contribution in [3.8, 4) is 0 Å². The summed E-state index contributed by atoms with van der Waals surface area (Å²) in [5.74, 6) is -3.58. The standard InChI is InChI=1S/C6H8INO4/c7-8-1-3(5(9)10)4(2-8)6(11)12/h3-4H,1-2H2,(H,9,10)(H,11,12). The number of carbonyl (C=O) groups is 2. The van der Waals surface area contributed by atoms with Crippen LogP contribution in [0.15, 0.2) is 0 Å². The van der Waals surface area contributed by atoms with Gasteiger partial charge in [-0.1, -0.05) is 0 Å². The minimum atomic E-state index is -1.03.